The summed E-state index contributed by atoms with van der Waals surface area (Å²) in [5.41, 5.74) is 0.0808. The Labute approximate surface area is 119 Å². The average Bonchev–Trinajstić information content (AvgIpc) is 2.81. The average molecular weight is 288 g/mol. The van der Waals surface area contributed by atoms with Crippen LogP contribution in [0.3, 0.4) is 0 Å². The Bertz CT molecular complexity index is 735. The molecule has 108 valence electrons. The van der Waals surface area contributed by atoms with E-state index in [1.807, 2.05) is 0 Å². The van der Waals surface area contributed by atoms with E-state index in [0.717, 1.165) is 0 Å². The van der Waals surface area contributed by atoms with E-state index >= 15 is 0 Å². The number of hydrogen-bond donors (Lipinski definition) is 4. The van der Waals surface area contributed by atoms with Crippen molar-refractivity contribution in [3.63, 3.8) is 0 Å². The highest BCUT2D eigenvalue weighted by atomic mass is 16.5. The van der Waals surface area contributed by atoms with Gasteiger partial charge in [-0.15, -0.1) is 0 Å². The molecule has 1 aliphatic heterocycles. The first kappa shape index (κ1) is 13.4. The summed E-state index contributed by atoms with van der Waals surface area (Å²) < 4.78 is 4.96. The first-order valence-electron chi connectivity index (χ1n) is 6.20. The molecule has 0 saturated carbocycles. The maximum Gasteiger partial charge on any atom is 0.315 e. The van der Waals surface area contributed by atoms with Gasteiger partial charge in [0.2, 0.25) is 5.79 Å². The third-order valence-electron chi connectivity index (χ3n) is 3.44. The highest BCUT2D eigenvalue weighted by molar-refractivity contribution is 5.82. The fraction of sp³-hybridized carbons (Fsp3) is 0.133. The van der Waals surface area contributed by atoms with Crippen molar-refractivity contribution >= 4 is 5.97 Å². The Morgan fingerprint density at radius 2 is 1.67 bits per heavy atom. The van der Waals surface area contributed by atoms with Gasteiger partial charge in [0.05, 0.1) is 12.0 Å². The molecular formula is C15H12O6. The lowest BCUT2D eigenvalue weighted by Crippen LogP contribution is -2.28. The van der Waals surface area contributed by atoms with Crippen LogP contribution in [0, 0.1) is 0 Å². The summed E-state index contributed by atoms with van der Waals surface area (Å²) in [7, 11) is 0. The largest absolute Gasteiger partial charge is 0.504 e. The molecule has 0 fully saturated rings. The van der Waals surface area contributed by atoms with Gasteiger partial charge < -0.3 is 25.2 Å². The number of phenolic OH excluding ortho intramolecular Hbond substituents is 2. The highest BCUT2D eigenvalue weighted by Crippen LogP contribution is 2.42. The Balaban J connectivity index is 2.18. The van der Waals surface area contributed by atoms with Crippen LogP contribution in [-0.4, -0.2) is 26.4 Å². The van der Waals surface area contributed by atoms with Crippen molar-refractivity contribution < 1.29 is 30.0 Å². The number of carbonyl (C=O) groups is 1. The van der Waals surface area contributed by atoms with E-state index in [1.54, 1.807) is 6.07 Å². The van der Waals surface area contributed by atoms with Crippen LogP contribution in [0.2, 0.25) is 0 Å². The molecule has 2 aromatic rings. The number of hydrogen-bond acceptors (Lipinski definition) is 6. The molecule has 21 heavy (non-hydrogen) atoms. The summed E-state index contributed by atoms with van der Waals surface area (Å²) in [5, 5.41) is 40.2. The zero-order chi connectivity index (χ0) is 15.2. The molecule has 0 saturated heterocycles. The Hall–Kier alpha value is -2.57. The van der Waals surface area contributed by atoms with Crippen LogP contribution in [0.1, 0.15) is 16.7 Å². The fourth-order valence-electron chi connectivity index (χ4n) is 2.43. The molecule has 0 spiro atoms. The van der Waals surface area contributed by atoms with Crippen molar-refractivity contribution in [2.45, 2.75) is 12.2 Å². The minimum absolute atomic E-state index is 0.0201. The minimum atomic E-state index is -2.57. The predicted molar refractivity (Wildman–Crippen MR) is 70.8 cm³/mol. The molecule has 6 heteroatoms. The van der Waals surface area contributed by atoms with Crippen molar-refractivity contribution in [3.05, 3.63) is 53.1 Å². The van der Waals surface area contributed by atoms with Crippen LogP contribution in [0.4, 0.5) is 0 Å². The summed E-state index contributed by atoms with van der Waals surface area (Å²) in [6.07, 6.45) is -0.0893. The van der Waals surface area contributed by atoms with Gasteiger partial charge in [0.15, 0.2) is 11.5 Å². The molecule has 1 heterocycles. The number of esters is 1. The quantitative estimate of drug-likeness (QED) is 0.281. The summed E-state index contributed by atoms with van der Waals surface area (Å²) in [4.78, 5) is 11.4. The van der Waals surface area contributed by atoms with Crippen molar-refractivity contribution in [3.8, 4) is 17.2 Å². The molecule has 0 radical (unpaired) electrons. The molecule has 6 nitrogen and oxygen atoms in total. The first-order chi connectivity index (χ1) is 9.91. The molecule has 3 rings (SSSR count). The van der Waals surface area contributed by atoms with Gasteiger partial charge in [-0.2, -0.15) is 0 Å². The molecule has 0 aliphatic carbocycles. The third-order valence-corrected chi connectivity index (χ3v) is 3.44. The predicted octanol–water partition coefficient (Wildman–Crippen LogP) is 0.745. The number of para-hydroxylation sites is 1. The van der Waals surface area contributed by atoms with Crippen molar-refractivity contribution in [1.82, 2.24) is 0 Å². The minimum Gasteiger partial charge on any atom is -0.504 e. The second-order valence-corrected chi connectivity index (χ2v) is 4.78. The summed E-state index contributed by atoms with van der Waals surface area (Å²) >= 11 is 0. The third kappa shape index (κ3) is 2.01. The van der Waals surface area contributed by atoms with Gasteiger partial charge >= 0.3 is 5.97 Å². The lowest BCUT2D eigenvalue weighted by Gasteiger charge is -2.25. The summed E-state index contributed by atoms with van der Waals surface area (Å²) in [6.45, 7) is 0. The monoisotopic (exact) mass is 288 g/mol. The van der Waals surface area contributed by atoms with E-state index in [1.165, 1.54) is 30.3 Å². The van der Waals surface area contributed by atoms with Gasteiger partial charge in [-0.1, -0.05) is 18.2 Å². The van der Waals surface area contributed by atoms with Gasteiger partial charge in [0.1, 0.15) is 5.75 Å². The number of phenols is 2. The second kappa shape index (κ2) is 4.47. The van der Waals surface area contributed by atoms with Crippen LogP contribution < -0.4 is 4.74 Å². The van der Waals surface area contributed by atoms with E-state index in [4.69, 9.17) is 4.74 Å². The lowest BCUT2D eigenvalue weighted by molar-refractivity contribution is -0.133. The highest BCUT2D eigenvalue weighted by Gasteiger charge is 2.37. The Morgan fingerprint density at radius 1 is 1.00 bits per heavy atom. The summed E-state index contributed by atoms with van der Waals surface area (Å²) in [6, 6.07) is 8.33. The van der Waals surface area contributed by atoms with E-state index in [2.05, 4.69) is 0 Å². The molecule has 0 unspecified atom stereocenters. The first-order valence-corrected chi connectivity index (χ1v) is 6.20. The maximum absolute atomic E-state index is 11.4. The van der Waals surface area contributed by atoms with E-state index in [0.29, 0.717) is 5.56 Å². The number of rotatable bonds is 2. The van der Waals surface area contributed by atoms with Gasteiger partial charge in [-0.25, -0.2) is 0 Å². The molecule has 0 aromatic heterocycles. The van der Waals surface area contributed by atoms with Gasteiger partial charge in [-0.05, 0) is 18.2 Å². The number of ether oxygens (including phenoxy) is 1. The van der Waals surface area contributed by atoms with Crippen LogP contribution in [0.15, 0.2) is 36.4 Å². The van der Waals surface area contributed by atoms with Crippen molar-refractivity contribution in [2.75, 3.05) is 0 Å². The number of carbonyl (C=O) groups excluding carboxylic acids is 1. The van der Waals surface area contributed by atoms with E-state index < -0.39 is 23.3 Å². The molecule has 0 bridgehead atoms. The zero-order valence-corrected chi connectivity index (χ0v) is 10.8. The number of aromatic hydroxyl groups is 2. The van der Waals surface area contributed by atoms with Crippen LogP contribution in [-0.2, 0) is 17.0 Å². The smallest absolute Gasteiger partial charge is 0.315 e. The fourth-order valence-corrected chi connectivity index (χ4v) is 2.43. The Kier molecular flexibility index (Phi) is 2.86. The molecular weight excluding hydrogens is 276 g/mol. The van der Waals surface area contributed by atoms with Gasteiger partial charge in [0.25, 0.3) is 0 Å². The molecule has 2 aromatic carbocycles. The van der Waals surface area contributed by atoms with Gasteiger partial charge in [0, 0.05) is 11.1 Å². The maximum atomic E-state index is 11.4. The number of benzene rings is 2. The molecule has 4 N–H and O–H groups in total. The SMILES string of the molecule is O=C1Cc2c(cccc2C(O)(O)c2cccc(O)c2O)O1. The van der Waals surface area contributed by atoms with E-state index in [-0.39, 0.29) is 23.3 Å². The van der Waals surface area contributed by atoms with Crippen LogP contribution in [0.25, 0.3) is 0 Å². The number of fused-ring (bicyclic) bond motifs is 1. The topological polar surface area (TPSA) is 107 Å². The Morgan fingerprint density at radius 3 is 2.43 bits per heavy atom. The van der Waals surface area contributed by atoms with Crippen molar-refractivity contribution in [2.24, 2.45) is 0 Å². The van der Waals surface area contributed by atoms with Crippen LogP contribution >= 0.6 is 0 Å². The standard InChI is InChI=1S/C15H12O6/c16-11-5-1-4-10(14(11)18)15(19,20)9-3-2-6-12-8(9)7-13(17)21-12/h1-6,16,18-20H,7H2. The lowest BCUT2D eigenvalue weighted by atomic mass is 9.91. The van der Waals surface area contributed by atoms with Crippen LogP contribution in [0.5, 0.6) is 17.2 Å². The summed E-state index contributed by atoms with van der Waals surface area (Å²) in [5.74, 6) is -3.91. The molecule has 0 atom stereocenters. The normalized spacial score (nSPS) is 13.9. The number of aliphatic hydroxyl groups is 2. The van der Waals surface area contributed by atoms with Crippen molar-refractivity contribution in [1.29, 1.82) is 0 Å². The molecule has 1 aliphatic rings. The molecule has 0 amide bonds. The second-order valence-electron chi connectivity index (χ2n) is 4.78. The van der Waals surface area contributed by atoms with E-state index in [9.17, 15) is 25.2 Å². The zero-order valence-electron chi connectivity index (χ0n) is 10.8. The van der Waals surface area contributed by atoms with Gasteiger partial charge in [-0.3, -0.25) is 4.79 Å².